The van der Waals surface area contributed by atoms with Crippen LogP contribution in [-0.2, 0) is 0 Å². The topological polar surface area (TPSA) is 0 Å². The van der Waals surface area contributed by atoms with Crippen LogP contribution in [0.1, 0.15) is 56.2 Å². The molecule has 13 heavy (non-hydrogen) atoms. The summed E-state index contributed by atoms with van der Waals surface area (Å²) >= 11 is 0. The van der Waals surface area contributed by atoms with Gasteiger partial charge in [0, 0.05) is 0 Å². The van der Waals surface area contributed by atoms with Crippen molar-refractivity contribution in [2.75, 3.05) is 0 Å². The lowest BCUT2D eigenvalue weighted by Gasteiger charge is -2.17. The molecule has 0 nitrogen and oxygen atoms in total. The van der Waals surface area contributed by atoms with E-state index in [0.717, 1.165) is 13.5 Å². The Morgan fingerprint density at radius 2 is 1.77 bits per heavy atom. The fraction of sp³-hybridized carbons (Fsp3) is 0.800. The fourth-order valence-corrected chi connectivity index (χ4v) is 8.16. The lowest BCUT2D eigenvalue weighted by molar-refractivity contribution is 0.460. The zero-order valence-electron chi connectivity index (χ0n) is 8.00. The maximum atomic E-state index is 2.51. The van der Waals surface area contributed by atoms with Gasteiger partial charge in [0.25, 0.3) is 0 Å². The highest BCUT2D eigenvalue weighted by molar-refractivity contribution is 8.17. The van der Waals surface area contributed by atoms with E-state index < -0.39 is 0 Å². The Kier molecular flexibility index (Phi) is 4.30. The van der Waals surface area contributed by atoms with Gasteiger partial charge in [-0.2, -0.15) is 0 Å². The number of hydrogen-bond donors (Lipinski definition) is 0. The average Bonchev–Trinajstić information content (AvgIpc) is 2.55. The molecule has 1 saturated carbocycles. The maximum Gasteiger partial charge on any atom is -0.00866 e. The molecule has 1 aromatic heterocycles. The number of hydrogen-bond acceptors (Lipinski definition) is 0. The molecule has 1 aromatic rings. The Balaban J connectivity index is 1.96. The summed E-state index contributed by atoms with van der Waals surface area (Å²) in [6.45, 7) is 0. The summed E-state index contributed by atoms with van der Waals surface area (Å²) in [7, 11) is 4.43. The van der Waals surface area contributed by atoms with Gasteiger partial charge < -0.3 is 0 Å². The summed E-state index contributed by atoms with van der Waals surface area (Å²) in [6.07, 6.45) is 10.4. The smallest absolute Gasteiger partial charge is 0.00866 e. The second-order valence-corrected chi connectivity index (χ2v) is 9.24. The molecule has 1 heterocycles. The van der Waals surface area contributed by atoms with Crippen LogP contribution in [0, 0.1) is 0 Å². The Morgan fingerprint density at radius 1 is 1.08 bits per heavy atom. The van der Waals surface area contributed by atoms with Crippen LogP contribution in [0.5, 0.6) is 0 Å². The SMILES string of the molecule is c1p[pH]pc1C1CCCCCCC1. The molecule has 0 bridgehead atoms. The van der Waals surface area contributed by atoms with Crippen LogP contribution < -0.4 is 0 Å². The minimum atomic E-state index is 0.976. The molecular weight excluding hydrogens is 213 g/mol. The van der Waals surface area contributed by atoms with Crippen molar-refractivity contribution in [1.29, 1.82) is 0 Å². The van der Waals surface area contributed by atoms with Crippen LogP contribution in [0.25, 0.3) is 0 Å². The third-order valence-electron chi connectivity index (χ3n) is 2.96. The quantitative estimate of drug-likeness (QED) is 0.579. The Hall–Kier alpha value is 0.640. The molecule has 0 amide bonds. The monoisotopic (exact) mass is 230 g/mol. The normalized spacial score (nSPS) is 22.8. The van der Waals surface area contributed by atoms with Crippen LogP contribution in [0.3, 0.4) is 0 Å². The van der Waals surface area contributed by atoms with Crippen molar-refractivity contribution in [3.05, 3.63) is 11.1 Å². The first-order valence-corrected chi connectivity index (χ1v) is 9.86. The molecule has 3 heteroatoms. The van der Waals surface area contributed by atoms with Gasteiger partial charge in [-0.25, -0.2) is 0 Å². The van der Waals surface area contributed by atoms with Crippen LogP contribution in [-0.4, -0.2) is 0 Å². The molecule has 1 unspecified atom stereocenters. The van der Waals surface area contributed by atoms with Crippen LogP contribution in [0.2, 0.25) is 0 Å². The van der Waals surface area contributed by atoms with Crippen molar-refractivity contribution in [2.45, 2.75) is 50.9 Å². The lowest BCUT2D eigenvalue weighted by Crippen LogP contribution is -1.99. The zero-order valence-corrected chi connectivity index (χ0v) is 10.8. The molecule has 0 N–H and O–H groups in total. The highest BCUT2D eigenvalue weighted by Gasteiger charge is 2.13. The molecule has 1 atom stereocenters. The van der Waals surface area contributed by atoms with Gasteiger partial charge in [-0.3, -0.25) is 0 Å². The largest absolute Gasteiger partial charge is 0.0815 e. The van der Waals surface area contributed by atoms with E-state index in [1.807, 2.05) is 0 Å². The van der Waals surface area contributed by atoms with Gasteiger partial charge >= 0.3 is 0 Å². The summed E-state index contributed by atoms with van der Waals surface area (Å²) in [5.74, 6) is 3.48. The first-order chi connectivity index (χ1) is 6.47. The van der Waals surface area contributed by atoms with Crippen molar-refractivity contribution in [1.82, 2.24) is 0 Å². The third kappa shape index (κ3) is 3.06. The van der Waals surface area contributed by atoms with Crippen molar-refractivity contribution >= 4 is 23.3 Å². The van der Waals surface area contributed by atoms with E-state index in [4.69, 9.17) is 0 Å². The van der Waals surface area contributed by atoms with E-state index in [2.05, 4.69) is 5.80 Å². The second-order valence-electron chi connectivity index (χ2n) is 3.94. The van der Waals surface area contributed by atoms with Crippen molar-refractivity contribution in [3.8, 4) is 0 Å². The molecule has 1 fully saturated rings. The molecule has 0 spiro atoms. The van der Waals surface area contributed by atoms with E-state index >= 15 is 0 Å². The van der Waals surface area contributed by atoms with E-state index in [1.54, 1.807) is 21.0 Å². The van der Waals surface area contributed by atoms with E-state index in [9.17, 15) is 0 Å². The summed E-state index contributed by atoms with van der Waals surface area (Å²) in [5.41, 5.74) is 0. The molecule has 1 aliphatic carbocycles. The van der Waals surface area contributed by atoms with Crippen LogP contribution in [0.15, 0.2) is 5.80 Å². The molecule has 0 saturated heterocycles. The average molecular weight is 230 g/mol. The lowest BCUT2D eigenvalue weighted by atomic mass is 9.91. The molecule has 2 rings (SSSR count). The van der Waals surface area contributed by atoms with Crippen LogP contribution >= 0.6 is 23.3 Å². The molecule has 1 aliphatic rings. The van der Waals surface area contributed by atoms with E-state index in [1.165, 1.54) is 44.9 Å². The highest BCUT2D eigenvalue weighted by atomic mass is 32.1. The van der Waals surface area contributed by atoms with Crippen LogP contribution in [0.4, 0.5) is 0 Å². The molecular formula is C10H17P3. The summed E-state index contributed by atoms with van der Waals surface area (Å²) in [4.78, 5) is 0. The predicted octanol–water partition coefficient (Wildman–Crippen LogP) is 5.71. The van der Waals surface area contributed by atoms with Gasteiger partial charge in [-0.05, 0) is 37.7 Å². The summed E-state index contributed by atoms with van der Waals surface area (Å²) in [6, 6.07) is 0. The standard InChI is InChI=1S/C10H17P3/c1-2-4-6-9(7-5-3-1)10-8-11-13-12-10/h8-9,13H,1-7H2. The maximum absolute atomic E-state index is 2.51. The Bertz CT molecular complexity index is 222. The molecule has 0 radical (unpaired) electrons. The molecule has 72 valence electrons. The first-order valence-electron chi connectivity index (χ1n) is 5.32. The van der Waals surface area contributed by atoms with Gasteiger partial charge in [0.2, 0.25) is 0 Å². The number of rotatable bonds is 1. The second kappa shape index (κ2) is 5.50. The summed E-state index contributed by atoms with van der Waals surface area (Å²) < 4.78 is 0. The van der Waals surface area contributed by atoms with Gasteiger partial charge in [-0.1, -0.05) is 47.5 Å². The van der Waals surface area contributed by atoms with Gasteiger partial charge in [0.1, 0.15) is 0 Å². The Labute approximate surface area is 85.6 Å². The van der Waals surface area contributed by atoms with Crippen molar-refractivity contribution in [2.24, 2.45) is 0 Å². The predicted molar refractivity (Wildman–Crippen MR) is 66.0 cm³/mol. The van der Waals surface area contributed by atoms with E-state index in [-0.39, 0.29) is 0 Å². The molecule has 0 aliphatic heterocycles. The minimum absolute atomic E-state index is 0.976. The van der Waals surface area contributed by atoms with Gasteiger partial charge in [0.15, 0.2) is 0 Å². The zero-order chi connectivity index (χ0) is 8.93. The van der Waals surface area contributed by atoms with Gasteiger partial charge in [0.05, 0.1) is 0 Å². The highest BCUT2D eigenvalue weighted by Crippen LogP contribution is 2.44. The third-order valence-corrected chi connectivity index (χ3v) is 8.28. The molecule has 0 aromatic carbocycles. The van der Waals surface area contributed by atoms with Gasteiger partial charge in [-0.15, -0.1) is 0 Å². The van der Waals surface area contributed by atoms with Crippen molar-refractivity contribution in [3.63, 3.8) is 0 Å². The van der Waals surface area contributed by atoms with E-state index in [0.29, 0.717) is 0 Å². The minimum Gasteiger partial charge on any atom is -0.0815 e. The fourth-order valence-electron chi connectivity index (χ4n) is 2.16. The first kappa shape index (κ1) is 10.2. The summed E-state index contributed by atoms with van der Waals surface area (Å²) in [5, 5.41) is 1.79. The van der Waals surface area contributed by atoms with Crippen molar-refractivity contribution < 1.29 is 0 Å². The Morgan fingerprint density at radius 3 is 2.38 bits per heavy atom.